The predicted molar refractivity (Wildman–Crippen MR) is 119 cm³/mol. The van der Waals surface area contributed by atoms with E-state index in [-0.39, 0.29) is 53.4 Å². The maximum absolute atomic E-state index is 12.7. The van der Waals surface area contributed by atoms with Crippen LogP contribution in [0.4, 0.5) is 0 Å². The fourth-order valence-electron chi connectivity index (χ4n) is 10.7. The first-order valence-corrected chi connectivity index (χ1v) is 13.0. The molecule has 6 rings (SSSR count). The Labute approximate surface area is 196 Å². The highest BCUT2D eigenvalue weighted by Crippen LogP contribution is 2.78. The Bertz CT molecular complexity index is 849. The molecular formula is C26H39NO6. The van der Waals surface area contributed by atoms with Gasteiger partial charge in [0.25, 0.3) is 0 Å². The van der Waals surface area contributed by atoms with Crippen LogP contribution < -0.4 is 0 Å². The van der Waals surface area contributed by atoms with Gasteiger partial charge in [0.05, 0.1) is 12.2 Å². The number of methoxy groups -OCH3 is 2. The van der Waals surface area contributed by atoms with Crippen molar-refractivity contribution in [3.05, 3.63) is 0 Å². The molecule has 6 fully saturated rings. The van der Waals surface area contributed by atoms with Gasteiger partial charge in [-0.25, -0.2) is 0 Å². The molecule has 5 saturated carbocycles. The van der Waals surface area contributed by atoms with Gasteiger partial charge >= 0.3 is 11.9 Å². The van der Waals surface area contributed by atoms with E-state index < -0.39 is 5.60 Å². The smallest absolute Gasteiger partial charge is 0.303 e. The van der Waals surface area contributed by atoms with Crippen molar-refractivity contribution >= 4 is 11.9 Å². The Hall–Kier alpha value is -1.18. The van der Waals surface area contributed by atoms with Crippen molar-refractivity contribution in [1.29, 1.82) is 0 Å². The first-order chi connectivity index (χ1) is 15.8. The molecule has 12 atom stereocenters. The van der Waals surface area contributed by atoms with Crippen molar-refractivity contribution in [3.8, 4) is 0 Å². The van der Waals surface area contributed by atoms with Gasteiger partial charge in [0.2, 0.25) is 0 Å². The second kappa shape index (κ2) is 7.41. The van der Waals surface area contributed by atoms with Crippen LogP contribution in [-0.4, -0.2) is 74.1 Å². The van der Waals surface area contributed by atoms with Crippen LogP contribution in [0.15, 0.2) is 0 Å². The van der Waals surface area contributed by atoms with Crippen LogP contribution in [0.1, 0.15) is 52.9 Å². The molecule has 0 amide bonds. The molecule has 33 heavy (non-hydrogen) atoms. The quantitative estimate of drug-likeness (QED) is 0.583. The number of fused-ring (bicyclic) bond motifs is 2. The summed E-state index contributed by atoms with van der Waals surface area (Å²) in [6.07, 6.45) is 4.87. The average Bonchev–Trinajstić information content (AvgIpc) is 3.18. The van der Waals surface area contributed by atoms with Crippen LogP contribution in [-0.2, 0) is 28.5 Å². The van der Waals surface area contributed by atoms with E-state index in [0.717, 1.165) is 32.4 Å². The van der Waals surface area contributed by atoms with Gasteiger partial charge in [-0.3, -0.25) is 14.5 Å². The Kier molecular flexibility index (Phi) is 5.01. The van der Waals surface area contributed by atoms with E-state index in [1.54, 1.807) is 7.11 Å². The van der Waals surface area contributed by atoms with Crippen molar-refractivity contribution in [1.82, 2.24) is 4.90 Å². The molecule has 5 aliphatic carbocycles. The fraction of sp³-hybridized carbons (Fsp3) is 0.923. The van der Waals surface area contributed by atoms with Gasteiger partial charge in [0.1, 0.15) is 11.7 Å². The summed E-state index contributed by atoms with van der Waals surface area (Å²) in [6.45, 7) is 7.44. The molecule has 1 aliphatic heterocycles. The van der Waals surface area contributed by atoms with Gasteiger partial charge in [-0.05, 0) is 50.0 Å². The second-order valence-corrected chi connectivity index (χ2v) is 11.7. The van der Waals surface area contributed by atoms with E-state index in [4.69, 9.17) is 18.9 Å². The number of hydrogen-bond donors (Lipinski definition) is 0. The highest BCUT2D eigenvalue weighted by Gasteiger charge is 2.83. The van der Waals surface area contributed by atoms with E-state index in [2.05, 4.69) is 11.8 Å². The number of hydrogen-bond acceptors (Lipinski definition) is 7. The predicted octanol–water partition coefficient (Wildman–Crippen LogP) is 2.66. The monoisotopic (exact) mass is 461 g/mol. The highest BCUT2D eigenvalue weighted by atomic mass is 16.6. The standard InChI is InChI=1S/C26H39NO6/c1-6-27-12-15-7-8-21(31-5)26-17(15)10-19(24(26)27)25(33-14(3)29)11-20(30-4)16-9-18(26)22(25)23(16)32-13(2)28/h15-24H,6-12H2,1-5H3. The number of likely N-dealkylation sites (tertiary alicyclic amines) is 1. The lowest BCUT2D eigenvalue weighted by atomic mass is 9.46. The summed E-state index contributed by atoms with van der Waals surface area (Å²) in [5.41, 5.74) is -0.626. The first kappa shape index (κ1) is 22.3. The zero-order valence-corrected chi connectivity index (χ0v) is 20.6. The zero-order chi connectivity index (χ0) is 23.3. The molecule has 0 N–H and O–H groups in total. The molecule has 1 saturated heterocycles. The third-order valence-corrected chi connectivity index (χ3v) is 11.0. The third-order valence-electron chi connectivity index (χ3n) is 11.0. The van der Waals surface area contributed by atoms with Crippen LogP contribution in [0.2, 0.25) is 0 Å². The second-order valence-electron chi connectivity index (χ2n) is 11.7. The minimum Gasteiger partial charge on any atom is -0.462 e. The average molecular weight is 462 g/mol. The number of carbonyl (C=O) groups excluding carboxylic acids is 2. The van der Waals surface area contributed by atoms with Gasteiger partial charge in [-0.2, -0.15) is 0 Å². The Morgan fingerprint density at radius 1 is 1.00 bits per heavy atom. The topological polar surface area (TPSA) is 74.3 Å². The van der Waals surface area contributed by atoms with Crippen molar-refractivity contribution in [2.45, 2.75) is 82.8 Å². The fourth-order valence-corrected chi connectivity index (χ4v) is 10.7. The van der Waals surface area contributed by atoms with E-state index in [9.17, 15) is 9.59 Å². The van der Waals surface area contributed by atoms with Crippen LogP contribution >= 0.6 is 0 Å². The molecule has 0 aromatic heterocycles. The normalized spacial score (nSPS) is 53.6. The molecule has 0 radical (unpaired) electrons. The molecule has 1 heterocycles. The van der Waals surface area contributed by atoms with Gasteiger partial charge < -0.3 is 18.9 Å². The lowest BCUT2D eigenvalue weighted by molar-refractivity contribution is -0.267. The summed E-state index contributed by atoms with van der Waals surface area (Å²) in [6, 6.07) is 0.335. The van der Waals surface area contributed by atoms with Gasteiger partial charge in [0.15, 0.2) is 0 Å². The summed E-state index contributed by atoms with van der Waals surface area (Å²) >= 11 is 0. The number of carbonyl (C=O) groups is 2. The number of ether oxygens (including phenoxy) is 4. The molecule has 7 bridgehead atoms. The molecule has 12 unspecified atom stereocenters. The SMILES string of the molecule is CCN1CC2CCC(OC)C34C2CC(C13)C1(OC(C)=O)CC(OC)C2CC4C1C2OC(C)=O. The van der Waals surface area contributed by atoms with Crippen molar-refractivity contribution in [3.63, 3.8) is 0 Å². The Morgan fingerprint density at radius 2 is 1.79 bits per heavy atom. The van der Waals surface area contributed by atoms with Gasteiger partial charge in [-0.15, -0.1) is 0 Å². The van der Waals surface area contributed by atoms with Gasteiger partial charge in [-0.1, -0.05) is 6.92 Å². The van der Waals surface area contributed by atoms with Crippen molar-refractivity contribution in [2.75, 3.05) is 27.3 Å². The summed E-state index contributed by atoms with van der Waals surface area (Å²) in [5, 5.41) is 0. The molecule has 1 spiro atoms. The largest absolute Gasteiger partial charge is 0.462 e. The molecular weight excluding hydrogens is 422 g/mol. The van der Waals surface area contributed by atoms with E-state index in [1.807, 2.05) is 7.11 Å². The summed E-state index contributed by atoms with van der Waals surface area (Å²) in [5.74, 6) is 1.41. The molecule has 0 aromatic carbocycles. The summed E-state index contributed by atoms with van der Waals surface area (Å²) in [4.78, 5) is 27.6. The van der Waals surface area contributed by atoms with Gasteiger partial charge in [0, 0.05) is 70.2 Å². The summed E-state index contributed by atoms with van der Waals surface area (Å²) < 4.78 is 25.0. The lowest BCUT2D eigenvalue weighted by Gasteiger charge is -2.67. The lowest BCUT2D eigenvalue weighted by Crippen LogP contribution is -2.75. The van der Waals surface area contributed by atoms with Crippen LogP contribution in [0.3, 0.4) is 0 Å². The molecule has 184 valence electrons. The van der Waals surface area contributed by atoms with E-state index in [1.165, 1.54) is 20.3 Å². The maximum atomic E-state index is 12.7. The van der Waals surface area contributed by atoms with Crippen LogP contribution in [0.25, 0.3) is 0 Å². The number of nitrogens with zero attached hydrogens (tertiary/aromatic N) is 1. The maximum Gasteiger partial charge on any atom is 0.303 e. The number of rotatable bonds is 5. The van der Waals surface area contributed by atoms with E-state index >= 15 is 0 Å². The minimum absolute atomic E-state index is 0.0150. The highest BCUT2D eigenvalue weighted by molar-refractivity contribution is 5.67. The summed E-state index contributed by atoms with van der Waals surface area (Å²) in [7, 11) is 3.64. The Morgan fingerprint density at radius 3 is 2.42 bits per heavy atom. The first-order valence-electron chi connectivity index (χ1n) is 13.0. The molecule has 7 nitrogen and oxygen atoms in total. The van der Waals surface area contributed by atoms with E-state index in [0.29, 0.717) is 30.2 Å². The molecule has 0 aromatic rings. The minimum atomic E-state index is -0.655. The number of esters is 2. The van der Waals surface area contributed by atoms with Crippen LogP contribution in [0, 0.1) is 40.9 Å². The molecule has 7 heteroatoms. The Balaban J connectivity index is 1.59. The van der Waals surface area contributed by atoms with Crippen molar-refractivity contribution in [2.24, 2.45) is 40.9 Å². The molecule has 6 aliphatic rings. The third kappa shape index (κ3) is 2.57. The zero-order valence-electron chi connectivity index (χ0n) is 20.6. The van der Waals surface area contributed by atoms with Crippen LogP contribution in [0.5, 0.6) is 0 Å². The number of piperidine rings is 1. The van der Waals surface area contributed by atoms with Crippen molar-refractivity contribution < 1.29 is 28.5 Å².